The van der Waals surface area contributed by atoms with Gasteiger partial charge in [0, 0.05) is 50.3 Å². The first-order chi connectivity index (χ1) is 18.3. The van der Waals surface area contributed by atoms with Gasteiger partial charge in [0.2, 0.25) is 0 Å². The van der Waals surface area contributed by atoms with Gasteiger partial charge in [0.1, 0.15) is 0 Å². The number of nitrogens with zero attached hydrogens (tertiary/aromatic N) is 1. The topological polar surface area (TPSA) is 73.8 Å². The summed E-state index contributed by atoms with van der Waals surface area (Å²) in [6, 6.07) is 16.0. The quantitative estimate of drug-likeness (QED) is 0.268. The second-order valence-corrected chi connectivity index (χ2v) is 11.5. The first-order valence-electron chi connectivity index (χ1n) is 14.0. The van der Waals surface area contributed by atoms with E-state index in [-0.39, 0.29) is 18.0 Å². The standard InChI is InChI=1S/C31H46ClN3O3/c1-23(2)19-29(21-33-3)34-30(36)35-17-8-11-27(22-35)31(37,16-5-6-18-38-4)26-10-7-9-25(20-26)24-12-14-28(32)15-13-24/h7,9-10,12-15,20,23,27,29,33,37H,5-6,8,11,16-19,21-22H2,1-4H3,(H,34,36)/t27-,29+,31-/m1/s1. The molecule has 0 saturated carbocycles. The summed E-state index contributed by atoms with van der Waals surface area (Å²) in [6.07, 6.45) is 5.02. The Morgan fingerprint density at radius 1 is 1.18 bits per heavy atom. The summed E-state index contributed by atoms with van der Waals surface area (Å²) in [5.74, 6) is 0.436. The molecule has 7 heteroatoms. The van der Waals surface area contributed by atoms with Crippen LogP contribution in [0.25, 0.3) is 11.1 Å². The van der Waals surface area contributed by atoms with E-state index in [4.69, 9.17) is 16.3 Å². The minimum absolute atomic E-state index is 0.0350. The van der Waals surface area contributed by atoms with Gasteiger partial charge in [-0.2, -0.15) is 0 Å². The number of ether oxygens (including phenoxy) is 1. The molecule has 6 nitrogen and oxygen atoms in total. The highest BCUT2D eigenvalue weighted by atomic mass is 35.5. The molecule has 0 aromatic heterocycles. The summed E-state index contributed by atoms with van der Waals surface area (Å²) >= 11 is 6.11. The predicted molar refractivity (Wildman–Crippen MR) is 157 cm³/mol. The maximum absolute atomic E-state index is 13.3. The molecule has 1 saturated heterocycles. The highest BCUT2D eigenvalue weighted by Crippen LogP contribution is 2.41. The van der Waals surface area contributed by atoms with Crippen molar-refractivity contribution in [1.29, 1.82) is 0 Å². The lowest BCUT2D eigenvalue weighted by Crippen LogP contribution is -2.53. The van der Waals surface area contributed by atoms with E-state index >= 15 is 0 Å². The van der Waals surface area contributed by atoms with Crippen LogP contribution < -0.4 is 10.6 Å². The molecule has 2 aromatic rings. The fraction of sp³-hybridized carbons (Fsp3) is 0.581. The Morgan fingerprint density at radius 3 is 2.63 bits per heavy atom. The number of halogens is 1. The van der Waals surface area contributed by atoms with Crippen LogP contribution in [0.5, 0.6) is 0 Å². The van der Waals surface area contributed by atoms with Crippen molar-refractivity contribution in [1.82, 2.24) is 15.5 Å². The van der Waals surface area contributed by atoms with Gasteiger partial charge in [-0.15, -0.1) is 0 Å². The average Bonchev–Trinajstić information content (AvgIpc) is 2.91. The zero-order valence-corrected chi connectivity index (χ0v) is 24.3. The fourth-order valence-corrected chi connectivity index (χ4v) is 5.79. The second kappa shape index (κ2) is 14.9. The first kappa shape index (κ1) is 30.4. The van der Waals surface area contributed by atoms with Gasteiger partial charge < -0.3 is 25.4 Å². The van der Waals surface area contributed by atoms with E-state index in [0.29, 0.717) is 37.1 Å². The Balaban J connectivity index is 1.83. The maximum Gasteiger partial charge on any atom is 0.317 e. The van der Waals surface area contributed by atoms with Gasteiger partial charge in [0.25, 0.3) is 0 Å². The largest absolute Gasteiger partial charge is 0.385 e. The maximum atomic E-state index is 13.3. The molecule has 0 aliphatic carbocycles. The van der Waals surface area contributed by atoms with Crippen LogP contribution in [-0.4, -0.2) is 62.5 Å². The number of rotatable bonds is 13. The number of nitrogens with one attached hydrogen (secondary N) is 2. The van der Waals surface area contributed by atoms with Gasteiger partial charge in [0.15, 0.2) is 0 Å². The number of piperidine rings is 1. The lowest BCUT2D eigenvalue weighted by atomic mass is 9.73. The van der Waals surface area contributed by atoms with Crippen LogP contribution in [0.2, 0.25) is 5.02 Å². The number of carbonyl (C=O) groups excluding carboxylic acids is 1. The number of aliphatic hydroxyl groups is 1. The third-order valence-corrected chi connectivity index (χ3v) is 7.87. The zero-order chi connectivity index (χ0) is 27.5. The minimum Gasteiger partial charge on any atom is -0.385 e. The molecule has 0 radical (unpaired) electrons. The fourth-order valence-electron chi connectivity index (χ4n) is 5.66. The summed E-state index contributed by atoms with van der Waals surface area (Å²) in [6.45, 7) is 7.00. The van der Waals surface area contributed by atoms with E-state index < -0.39 is 5.60 Å². The number of methoxy groups -OCH3 is 1. The Bertz CT molecular complexity index is 1000. The molecular weight excluding hydrogens is 498 g/mol. The number of likely N-dealkylation sites (N-methyl/N-ethyl adjacent to an activating group) is 1. The predicted octanol–water partition coefficient (Wildman–Crippen LogP) is 6.07. The van der Waals surface area contributed by atoms with Crippen molar-refractivity contribution in [3.63, 3.8) is 0 Å². The zero-order valence-electron chi connectivity index (χ0n) is 23.5. The molecule has 1 aliphatic heterocycles. The van der Waals surface area contributed by atoms with E-state index in [1.54, 1.807) is 7.11 Å². The highest BCUT2D eigenvalue weighted by Gasteiger charge is 2.41. The monoisotopic (exact) mass is 543 g/mol. The number of carbonyl (C=O) groups is 1. The van der Waals surface area contributed by atoms with Gasteiger partial charge in [-0.25, -0.2) is 4.79 Å². The number of benzene rings is 2. The van der Waals surface area contributed by atoms with Crippen LogP contribution in [0.4, 0.5) is 4.79 Å². The van der Waals surface area contributed by atoms with Crippen LogP contribution in [0.15, 0.2) is 48.5 Å². The molecule has 1 fully saturated rings. The van der Waals surface area contributed by atoms with Crippen LogP contribution in [0.3, 0.4) is 0 Å². The van der Waals surface area contributed by atoms with Gasteiger partial charge in [-0.05, 0) is 86.4 Å². The van der Waals surface area contributed by atoms with Gasteiger partial charge in [0.05, 0.1) is 5.60 Å². The Labute approximate surface area is 234 Å². The third kappa shape index (κ3) is 8.44. The van der Waals surface area contributed by atoms with E-state index in [0.717, 1.165) is 55.3 Å². The van der Waals surface area contributed by atoms with E-state index in [9.17, 15) is 9.90 Å². The van der Waals surface area contributed by atoms with Crippen LogP contribution in [-0.2, 0) is 10.3 Å². The van der Waals surface area contributed by atoms with Crippen LogP contribution in [0, 0.1) is 11.8 Å². The first-order valence-corrected chi connectivity index (χ1v) is 14.4. The summed E-state index contributed by atoms with van der Waals surface area (Å²) in [5.41, 5.74) is 1.96. The lowest BCUT2D eigenvalue weighted by molar-refractivity contribution is -0.0563. The molecule has 0 bridgehead atoms. The average molecular weight is 544 g/mol. The molecule has 0 unspecified atom stereocenters. The normalized spacial score (nSPS) is 18.3. The van der Waals surface area contributed by atoms with Gasteiger partial charge in [-0.3, -0.25) is 0 Å². The molecule has 3 atom stereocenters. The third-order valence-electron chi connectivity index (χ3n) is 7.61. The van der Waals surface area contributed by atoms with Crippen molar-refractivity contribution in [2.75, 3.05) is 40.4 Å². The molecule has 0 spiro atoms. The van der Waals surface area contributed by atoms with E-state index in [2.05, 4.69) is 36.6 Å². The molecule has 3 N–H and O–H groups in total. The number of hydrogen-bond acceptors (Lipinski definition) is 4. The summed E-state index contributed by atoms with van der Waals surface area (Å²) < 4.78 is 5.27. The van der Waals surface area contributed by atoms with Crippen molar-refractivity contribution in [2.45, 2.75) is 64.0 Å². The summed E-state index contributed by atoms with van der Waals surface area (Å²) in [7, 11) is 3.62. The Hall–Kier alpha value is -2.12. The van der Waals surface area contributed by atoms with Gasteiger partial charge in [-0.1, -0.05) is 55.8 Å². The number of hydrogen-bond donors (Lipinski definition) is 3. The molecule has 38 heavy (non-hydrogen) atoms. The Kier molecular flexibility index (Phi) is 11.9. The van der Waals surface area contributed by atoms with Gasteiger partial charge >= 0.3 is 6.03 Å². The molecule has 3 rings (SSSR count). The Morgan fingerprint density at radius 2 is 1.95 bits per heavy atom. The van der Waals surface area contributed by atoms with Crippen molar-refractivity contribution >= 4 is 17.6 Å². The lowest BCUT2D eigenvalue weighted by Gasteiger charge is -2.43. The van der Waals surface area contributed by atoms with Crippen LogP contribution >= 0.6 is 11.6 Å². The molecule has 2 aromatic carbocycles. The second-order valence-electron chi connectivity index (χ2n) is 11.1. The smallest absolute Gasteiger partial charge is 0.317 e. The molecule has 1 heterocycles. The summed E-state index contributed by atoms with van der Waals surface area (Å²) in [4.78, 5) is 15.2. The SMILES string of the molecule is CNC[C@H](CC(C)C)NC(=O)N1CCC[C@@H]([C@@](O)(CCCCOC)c2cccc(-c3ccc(Cl)cc3)c2)C1. The number of likely N-dealkylation sites (tertiary alicyclic amines) is 1. The van der Waals surface area contributed by atoms with Crippen molar-refractivity contribution in [2.24, 2.45) is 11.8 Å². The van der Waals surface area contributed by atoms with E-state index in [1.807, 2.05) is 48.3 Å². The van der Waals surface area contributed by atoms with Crippen molar-refractivity contribution in [3.05, 3.63) is 59.1 Å². The molecule has 1 aliphatic rings. The van der Waals surface area contributed by atoms with Crippen molar-refractivity contribution in [3.8, 4) is 11.1 Å². The number of unbranched alkanes of at least 4 members (excludes halogenated alkanes) is 1. The van der Waals surface area contributed by atoms with Crippen LogP contribution in [0.1, 0.15) is 57.9 Å². The highest BCUT2D eigenvalue weighted by molar-refractivity contribution is 6.30. The van der Waals surface area contributed by atoms with E-state index in [1.165, 1.54) is 0 Å². The summed E-state index contributed by atoms with van der Waals surface area (Å²) in [5, 5.41) is 19.5. The number of urea groups is 1. The minimum atomic E-state index is -1.04. The van der Waals surface area contributed by atoms with Crippen molar-refractivity contribution < 1.29 is 14.6 Å². The number of amides is 2. The molecule has 210 valence electrons. The molecular formula is C31H46ClN3O3. The molecule has 2 amide bonds.